The zero-order valence-corrected chi connectivity index (χ0v) is 11.2. The smallest absolute Gasteiger partial charge is 0.0952 e. The Kier molecular flexibility index (Phi) is 3.95. The Morgan fingerprint density at radius 3 is 2.35 bits per heavy atom. The third-order valence-corrected chi connectivity index (χ3v) is 4.60. The van der Waals surface area contributed by atoms with E-state index in [0.717, 1.165) is 30.6 Å². The average molecular weight is 248 g/mol. The lowest BCUT2D eigenvalue weighted by Gasteiger charge is -2.33. The van der Waals surface area contributed by atoms with E-state index < -0.39 is 5.60 Å². The summed E-state index contributed by atoms with van der Waals surface area (Å²) < 4.78 is 0. The lowest BCUT2D eigenvalue weighted by molar-refractivity contribution is 0.0480. The molecule has 17 heavy (non-hydrogen) atoms. The predicted octanol–water partition coefficient (Wildman–Crippen LogP) is 4.30. The van der Waals surface area contributed by atoms with Gasteiger partial charge in [0.2, 0.25) is 0 Å². The maximum Gasteiger partial charge on any atom is 0.0952 e. The fraction of sp³-hybridized carbons (Fsp3) is 0.467. The molecule has 0 saturated heterocycles. The van der Waals surface area contributed by atoms with E-state index in [9.17, 15) is 5.11 Å². The van der Waals surface area contributed by atoms with Gasteiger partial charge < -0.3 is 5.11 Å². The summed E-state index contributed by atoms with van der Waals surface area (Å²) in [7, 11) is 0. The van der Waals surface area contributed by atoms with E-state index >= 15 is 0 Å². The number of benzene rings is 1. The Morgan fingerprint density at radius 1 is 1.18 bits per heavy atom. The van der Waals surface area contributed by atoms with Crippen LogP contribution >= 0.6 is 11.8 Å². The summed E-state index contributed by atoms with van der Waals surface area (Å²) in [6, 6.07) is 8.38. The third kappa shape index (κ3) is 3.14. The van der Waals surface area contributed by atoms with E-state index in [0.29, 0.717) is 0 Å². The van der Waals surface area contributed by atoms with Crippen molar-refractivity contribution < 1.29 is 5.11 Å². The molecule has 1 aromatic carbocycles. The summed E-state index contributed by atoms with van der Waals surface area (Å²) in [6.45, 7) is 6.16. The highest BCUT2D eigenvalue weighted by atomic mass is 32.2. The molecule has 1 aliphatic rings. The third-order valence-electron chi connectivity index (χ3n) is 3.46. The molecule has 0 amide bonds. The van der Waals surface area contributed by atoms with Gasteiger partial charge in [-0.2, -0.15) is 0 Å². The van der Waals surface area contributed by atoms with Gasteiger partial charge in [-0.15, -0.1) is 0 Å². The predicted molar refractivity (Wildman–Crippen MR) is 74.2 cm³/mol. The van der Waals surface area contributed by atoms with E-state index in [-0.39, 0.29) is 0 Å². The first-order valence-corrected chi connectivity index (χ1v) is 7.08. The molecule has 0 radical (unpaired) electrons. The van der Waals surface area contributed by atoms with Crippen molar-refractivity contribution in [3.05, 3.63) is 41.3 Å². The molecule has 1 aromatic rings. The number of aliphatic hydroxyl groups is 1. The van der Waals surface area contributed by atoms with E-state index in [1.807, 2.05) is 0 Å². The van der Waals surface area contributed by atoms with E-state index in [1.165, 1.54) is 16.9 Å². The molecule has 0 bridgehead atoms. The van der Waals surface area contributed by atoms with Crippen molar-refractivity contribution in [2.45, 2.75) is 49.5 Å². The number of aryl methyl sites for hydroxylation is 1. The SMILES string of the molecule is C=C(Sc1ccc(C)cc1)C1(O)CCCCC1. The molecule has 1 nitrogen and oxygen atoms in total. The van der Waals surface area contributed by atoms with Crippen molar-refractivity contribution >= 4 is 11.8 Å². The largest absolute Gasteiger partial charge is 0.385 e. The molecule has 92 valence electrons. The van der Waals surface area contributed by atoms with Crippen LogP contribution in [0.2, 0.25) is 0 Å². The van der Waals surface area contributed by atoms with Crippen molar-refractivity contribution in [1.82, 2.24) is 0 Å². The van der Waals surface area contributed by atoms with Crippen molar-refractivity contribution in [2.75, 3.05) is 0 Å². The molecule has 1 fully saturated rings. The van der Waals surface area contributed by atoms with Crippen molar-refractivity contribution in [3.63, 3.8) is 0 Å². The number of hydrogen-bond acceptors (Lipinski definition) is 2. The van der Waals surface area contributed by atoms with Crippen LogP contribution in [0, 0.1) is 6.92 Å². The highest BCUT2D eigenvalue weighted by molar-refractivity contribution is 8.03. The van der Waals surface area contributed by atoms with Crippen LogP contribution in [0.5, 0.6) is 0 Å². The van der Waals surface area contributed by atoms with Gasteiger partial charge in [0, 0.05) is 9.80 Å². The fourth-order valence-electron chi connectivity index (χ4n) is 2.26. The Morgan fingerprint density at radius 2 is 1.76 bits per heavy atom. The molecule has 0 unspecified atom stereocenters. The van der Waals surface area contributed by atoms with Crippen molar-refractivity contribution in [1.29, 1.82) is 0 Å². The summed E-state index contributed by atoms with van der Waals surface area (Å²) in [4.78, 5) is 2.07. The zero-order chi connectivity index (χ0) is 12.3. The normalized spacial score (nSPS) is 18.9. The fourth-order valence-corrected chi connectivity index (χ4v) is 3.21. The Balaban J connectivity index is 2.03. The summed E-state index contributed by atoms with van der Waals surface area (Å²) in [5, 5.41) is 10.5. The first kappa shape index (κ1) is 12.7. The minimum atomic E-state index is -0.645. The van der Waals surface area contributed by atoms with Crippen molar-refractivity contribution in [3.8, 4) is 0 Å². The second-order valence-electron chi connectivity index (χ2n) is 4.93. The summed E-state index contributed by atoms with van der Waals surface area (Å²) in [6.07, 6.45) is 5.20. The summed E-state index contributed by atoms with van der Waals surface area (Å²) in [5.41, 5.74) is 0.615. The van der Waals surface area contributed by atoms with E-state index in [1.54, 1.807) is 11.8 Å². The van der Waals surface area contributed by atoms with Crippen LogP contribution in [0.15, 0.2) is 40.6 Å². The van der Waals surface area contributed by atoms with Gasteiger partial charge in [-0.3, -0.25) is 0 Å². The molecule has 0 heterocycles. The Hall–Kier alpha value is -0.730. The maximum atomic E-state index is 10.5. The topological polar surface area (TPSA) is 20.2 Å². The van der Waals surface area contributed by atoms with E-state index in [2.05, 4.69) is 37.8 Å². The maximum absolute atomic E-state index is 10.5. The second-order valence-corrected chi connectivity index (χ2v) is 6.10. The van der Waals surface area contributed by atoms with Gasteiger partial charge in [0.05, 0.1) is 5.60 Å². The molecule has 0 atom stereocenters. The summed E-state index contributed by atoms with van der Waals surface area (Å²) in [5.74, 6) is 0. The first-order valence-electron chi connectivity index (χ1n) is 6.26. The van der Waals surface area contributed by atoms with Crippen LogP contribution in [-0.4, -0.2) is 10.7 Å². The molecule has 0 aliphatic heterocycles. The number of thioether (sulfide) groups is 1. The number of rotatable bonds is 3. The molecule has 1 N–H and O–H groups in total. The standard InChI is InChI=1S/C15H20OS/c1-12-6-8-14(9-7-12)17-13(2)15(16)10-4-3-5-11-15/h6-9,16H,2-5,10-11H2,1H3. The van der Waals surface area contributed by atoms with Crippen LogP contribution < -0.4 is 0 Å². The Labute approximate surface area is 108 Å². The van der Waals surface area contributed by atoms with Gasteiger partial charge in [0.15, 0.2) is 0 Å². The lowest BCUT2D eigenvalue weighted by Crippen LogP contribution is -2.31. The van der Waals surface area contributed by atoms with Crippen LogP contribution in [0.1, 0.15) is 37.7 Å². The van der Waals surface area contributed by atoms with Gasteiger partial charge >= 0.3 is 0 Å². The van der Waals surface area contributed by atoms with Gasteiger partial charge in [-0.1, -0.05) is 55.3 Å². The Bertz CT molecular complexity index is 388. The van der Waals surface area contributed by atoms with E-state index in [4.69, 9.17) is 0 Å². The van der Waals surface area contributed by atoms with Crippen LogP contribution in [0.4, 0.5) is 0 Å². The van der Waals surface area contributed by atoms with Crippen LogP contribution in [-0.2, 0) is 0 Å². The minimum absolute atomic E-state index is 0.645. The second kappa shape index (κ2) is 5.28. The quantitative estimate of drug-likeness (QED) is 0.805. The van der Waals surface area contributed by atoms with Crippen LogP contribution in [0.25, 0.3) is 0 Å². The molecular formula is C15H20OS. The van der Waals surface area contributed by atoms with Crippen molar-refractivity contribution in [2.24, 2.45) is 0 Å². The molecule has 1 aliphatic carbocycles. The molecule has 2 heteroatoms. The molecule has 0 spiro atoms. The zero-order valence-electron chi connectivity index (χ0n) is 10.4. The highest BCUT2D eigenvalue weighted by Crippen LogP contribution is 2.41. The van der Waals surface area contributed by atoms with Crippen LogP contribution in [0.3, 0.4) is 0 Å². The van der Waals surface area contributed by atoms with Gasteiger partial charge in [0.25, 0.3) is 0 Å². The minimum Gasteiger partial charge on any atom is -0.385 e. The average Bonchev–Trinajstić information content (AvgIpc) is 2.33. The summed E-state index contributed by atoms with van der Waals surface area (Å²) >= 11 is 1.61. The van der Waals surface area contributed by atoms with Gasteiger partial charge in [-0.05, 0) is 31.9 Å². The van der Waals surface area contributed by atoms with Gasteiger partial charge in [-0.25, -0.2) is 0 Å². The van der Waals surface area contributed by atoms with Gasteiger partial charge in [0.1, 0.15) is 0 Å². The lowest BCUT2D eigenvalue weighted by atomic mass is 9.85. The first-order chi connectivity index (χ1) is 8.10. The molecule has 0 aromatic heterocycles. The molecule has 2 rings (SSSR count). The highest BCUT2D eigenvalue weighted by Gasteiger charge is 2.32. The monoisotopic (exact) mass is 248 g/mol. The molecular weight excluding hydrogens is 228 g/mol. The number of hydrogen-bond donors (Lipinski definition) is 1. The molecule has 1 saturated carbocycles.